The van der Waals surface area contributed by atoms with Gasteiger partial charge in [0.2, 0.25) is 0 Å². The Hall–Kier alpha value is -3.05. The summed E-state index contributed by atoms with van der Waals surface area (Å²) < 4.78 is 0. The van der Waals surface area contributed by atoms with Crippen molar-refractivity contribution in [2.24, 2.45) is 10.2 Å². The van der Waals surface area contributed by atoms with Crippen LogP contribution in [0.15, 0.2) is 46.8 Å². The van der Waals surface area contributed by atoms with Crippen molar-refractivity contribution in [1.29, 1.82) is 0 Å². The van der Waals surface area contributed by atoms with Crippen LogP contribution in [0.25, 0.3) is 32.1 Å². The van der Waals surface area contributed by atoms with Crippen LogP contribution >= 0.6 is 11.6 Å². The average molecular weight is 300 g/mol. The summed E-state index contributed by atoms with van der Waals surface area (Å²) >= 11 is 6.06. The van der Waals surface area contributed by atoms with Crippen LogP contribution in [0.2, 0.25) is 5.02 Å². The monoisotopic (exact) mass is 299 g/mol. The number of benzene rings is 1. The van der Waals surface area contributed by atoms with Crippen LogP contribution in [0.1, 0.15) is 10.4 Å². The number of amides is 1. The van der Waals surface area contributed by atoms with Gasteiger partial charge in [-0.1, -0.05) is 34.9 Å². The molecule has 0 aliphatic heterocycles. The molecule has 1 amide bonds. The van der Waals surface area contributed by atoms with Gasteiger partial charge in [0.1, 0.15) is 0 Å². The van der Waals surface area contributed by atoms with E-state index in [1.165, 1.54) is 12.3 Å². The molecule has 0 saturated carbocycles. The summed E-state index contributed by atoms with van der Waals surface area (Å²) in [6.45, 7) is 0. The van der Waals surface area contributed by atoms with Gasteiger partial charge in [0.15, 0.2) is 0 Å². The number of nitrogens with zero attached hydrogens (tertiary/aromatic N) is 7. The fraction of sp³-hybridized carbons (Fsp3) is 0. The lowest BCUT2D eigenvalue weighted by atomic mass is 10.1. The molecule has 2 rings (SSSR count). The van der Waals surface area contributed by atoms with Crippen molar-refractivity contribution in [3.63, 3.8) is 0 Å². The van der Waals surface area contributed by atoms with Gasteiger partial charge in [0, 0.05) is 26.6 Å². The zero-order valence-corrected chi connectivity index (χ0v) is 11.1. The largest absolute Gasteiger partial charge is 0.287 e. The van der Waals surface area contributed by atoms with Gasteiger partial charge in [-0.2, -0.15) is 0 Å². The van der Waals surface area contributed by atoms with Gasteiger partial charge in [-0.05, 0) is 28.3 Å². The summed E-state index contributed by atoms with van der Waals surface area (Å²) in [5.41, 5.74) is 17.8. The third-order valence-electron chi connectivity index (χ3n) is 2.55. The summed E-state index contributed by atoms with van der Waals surface area (Å²) in [5, 5.41) is 6.83. The van der Waals surface area contributed by atoms with Crippen LogP contribution in [0.5, 0.6) is 0 Å². The summed E-state index contributed by atoms with van der Waals surface area (Å²) in [5.74, 6) is -0.877. The minimum atomic E-state index is -0.877. The number of aromatic nitrogens is 1. The molecule has 21 heavy (non-hydrogen) atoms. The highest BCUT2D eigenvalue weighted by Gasteiger charge is 2.12. The van der Waals surface area contributed by atoms with Gasteiger partial charge in [0.05, 0.1) is 16.9 Å². The second-order valence-electron chi connectivity index (χ2n) is 3.75. The molecule has 0 fully saturated rings. The van der Waals surface area contributed by atoms with Crippen LogP contribution in [-0.4, -0.2) is 10.9 Å². The van der Waals surface area contributed by atoms with Crippen LogP contribution in [0, 0.1) is 0 Å². The van der Waals surface area contributed by atoms with Crippen molar-refractivity contribution in [2.75, 3.05) is 0 Å². The van der Waals surface area contributed by atoms with E-state index in [0.717, 1.165) is 0 Å². The summed E-state index contributed by atoms with van der Waals surface area (Å²) in [4.78, 5) is 20.7. The van der Waals surface area contributed by atoms with E-state index < -0.39 is 5.91 Å². The summed E-state index contributed by atoms with van der Waals surface area (Å²) in [7, 11) is 0. The normalized spacial score (nSPS) is 9.38. The Labute approximate surface area is 123 Å². The lowest BCUT2D eigenvalue weighted by Crippen LogP contribution is -1.96. The van der Waals surface area contributed by atoms with Crippen molar-refractivity contribution >= 4 is 23.2 Å². The standard InChI is InChI=1S/C12H6ClN7O/c13-9-4-2-1-3-7(9)10-5-11(17-19-14)8(6-16-10)12(21)18-20-15/h1-6H. The van der Waals surface area contributed by atoms with E-state index in [4.69, 9.17) is 22.7 Å². The van der Waals surface area contributed by atoms with Gasteiger partial charge in [-0.25, -0.2) is 0 Å². The molecule has 0 aliphatic carbocycles. The highest BCUT2D eigenvalue weighted by molar-refractivity contribution is 6.33. The van der Waals surface area contributed by atoms with Crippen LogP contribution in [-0.2, 0) is 0 Å². The van der Waals surface area contributed by atoms with Crippen molar-refractivity contribution in [3.8, 4) is 11.3 Å². The number of azide groups is 2. The third kappa shape index (κ3) is 3.10. The van der Waals surface area contributed by atoms with Crippen LogP contribution in [0.4, 0.5) is 5.69 Å². The molecule has 9 heteroatoms. The SMILES string of the molecule is [N-]=[N+]=NC(=O)c1cnc(-c2ccccc2Cl)cc1N=[N+]=[N-]. The molecule has 1 aromatic carbocycles. The molecule has 0 spiro atoms. The Bertz CT molecular complexity index is 807. The number of hydrogen-bond acceptors (Lipinski definition) is 3. The first-order valence-corrected chi connectivity index (χ1v) is 5.94. The molecule has 8 nitrogen and oxygen atoms in total. The van der Waals surface area contributed by atoms with Gasteiger partial charge in [-0.15, -0.1) is 0 Å². The number of carbonyl (C=O) groups is 1. The van der Waals surface area contributed by atoms with Gasteiger partial charge >= 0.3 is 0 Å². The minimum Gasteiger partial charge on any atom is -0.287 e. The predicted molar refractivity (Wildman–Crippen MR) is 77.0 cm³/mol. The smallest absolute Gasteiger partial charge is 0.251 e. The molecular formula is C12H6ClN7O. The molecule has 0 atom stereocenters. The second kappa shape index (κ2) is 6.40. The number of hydrogen-bond donors (Lipinski definition) is 0. The third-order valence-corrected chi connectivity index (χ3v) is 2.88. The molecule has 0 aliphatic rings. The first kappa shape index (κ1) is 14.4. The van der Waals surface area contributed by atoms with Crippen molar-refractivity contribution < 1.29 is 4.79 Å². The zero-order chi connectivity index (χ0) is 15.2. The Morgan fingerprint density at radius 3 is 2.67 bits per heavy atom. The molecule has 1 aromatic heterocycles. The van der Waals surface area contributed by atoms with Crippen molar-refractivity contribution in [1.82, 2.24) is 4.98 Å². The predicted octanol–water partition coefficient (Wildman–Crippen LogP) is 4.79. The van der Waals surface area contributed by atoms with E-state index in [0.29, 0.717) is 16.3 Å². The van der Waals surface area contributed by atoms with E-state index in [-0.39, 0.29) is 11.3 Å². The second-order valence-corrected chi connectivity index (χ2v) is 4.16. The lowest BCUT2D eigenvalue weighted by molar-refractivity contribution is 0.100. The molecule has 0 saturated heterocycles. The number of halogens is 1. The lowest BCUT2D eigenvalue weighted by Gasteiger charge is -2.06. The fourth-order valence-corrected chi connectivity index (χ4v) is 1.88. The van der Waals surface area contributed by atoms with E-state index >= 15 is 0 Å². The number of carbonyl (C=O) groups excluding carboxylic acids is 1. The maximum atomic E-state index is 11.6. The molecule has 102 valence electrons. The molecule has 0 bridgehead atoms. The maximum Gasteiger partial charge on any atom is 0.251 e. The fourth-order valence-electron chi connectivity index (χ4n) is 1.65. The van der Waals surface area contributed by atoms with E-state index in [1.54, 1.807) is 24.3 Å². The Morgan fingerprint density at radius 1 is 1.24 bits per heavy atom. The van der Waals surface area contributed by atoms with Gasteiger partial charge in [-0.3, -0.25) is 9.78 Å². The average Bonchev–Trinajstić information content (AvgIpc) is 2.48. The minimum absolute atomic E-state index is 0.0137. The van der Waals surface area contributed by atoms with E-state index in [9.17, 15) is 4.79 Å². The van der Waals surface area contributed by atoms with Gasteiger partial charge in [0.25, 0.3) is 5.91 Å². The quantitative estimate of drug-likeness (QED) is 0.458. The molecular weight excluding hydrogens is 294 g/mol. The van der Waals surface area contributed by atoms with Crippen LogP contribution < -0.4 is 0 Å². The first-order valence-electron chi connectivity index (χ1n) is 5.57. The Balaban J connectivity index is 2.61. The molecule has 0 unspecified atom stereocenters. The maximum absolute atomic E-state index is 11.6. The highest BCUT2D eigenvalue weighted by atomic mass is 35.5. The molecule has 2 aromatic rings. The topological polar surface area (TPSA) is 127 Å². The van der Waals surface area contributed by atoms with Crippen LogP contribution in [0.3, 0.4) is 0 Å². The highest BCUT2D eigenvalue weighted by Crippen LogP contribution is 2.30. The molecule has 0 N–H and O–H groups in total. The van der Waals surface area contributed by atoms with Gasteiger partial charge < -0.3 is 0 Å². The summed E-state index contributed by atoms with van der Waals surface area (Å²) in [6.07, 6.45) is 1.18. The van der Waals surface area contributed by atoms with Crippen molar-refractivity contribution in [3.05, 3.63) is 68.0 Å². The number of pyridine rings is 1. The number of rotatable bonds is 3. The molecule has 1 heterocycles. The van der Waals surface area contributed by atoms with Crippen molar-refractivity contribution in [2.45, 2.75) is 0 Å². The Morgan fingerprint density at radius 2 is 2.00 bits per heavy atom. The zero-order valence-electron chi connectivity index (χ0n) is 10.4. The molecule has 0 radical (unpaired) electrons. The van der Waals surface area contributed by atoms with E-state index in [2.05, 4.69) is 25.0 Å². The Kier molecular flexibility index (Phi) is 4.38. The van der Waals surface area contributed by atoms with E-state index in [1.807, 2.05) is 0 Å². The first-order chi connectivity index (χ1) is 10.2. The summed E-state index contributed by atoms with van der Waals surface area (Å²) in [6, 6.07) is 8.36.